The van der Waals surface area contributed by atoms with Gasteiger partial charge in [0.05, 0.1) is 5.69 Å². The molecule has 0 bridgehead atoms. The Hall–Kier alpha value is -1.62. The van der Waals surface area contributed by atoms with Crippen LogP contribution in [0.2, 0.25) is 10.0 Å². The molecule has 124 valence electrons. The Kier molecular flexibility index (Phi) is 5.39. The third-order valence-corrected chi connectivity index (χ3v) is 5.26. The second kappa shape index (κ2) is 7.51. The first-order chi connectivity index (χ1) is 11.6. The van der Waals surface area contributed by atoms with E-state index >= 15 is 0 Å². The summed E-state index contributed by atoms with van der Waals surface area (Å²) in [7, 11) is 0. The quantitative estimate of drug-likeness (QED) is 0.549. The van der Waals surface area contributed by atoms with Gasteiger partial charge in [-0.05, 0) is 37.6 Å². The molecule has 3 nitrogen and oxygen atoms in total. The van der Waals surface area contributed by atoms with Crippen molar-refractivity contribution in [2.45, 2.75) is 26.9 Å². The van der Waals surface area contributed by atoms with Gasteiger partial charge in [0.2, 0.25) is 0 Å². The van der Waals surface area contributed by atoms with Crippen LogP contribution in [0.3, 0.4) is 0 Å². The van der Waals surface area contributed by atoms with Crippen LogP contribution in [0.15, 0.2) is 36.5 Å². The van der Waals surface area contributed by atoms with Gasteiger partial charge in [-0.3, -0.25) is 4.98 Å². The number of benzene rings is 1. The number of pyridine rings is 1. The molecular formula is C18H16Cl2N2OS. The van der Waals surface area contributed by atoms with Crippen molar-refractivity contribution >= 4 is 34.5 Å². The van der Waals surface area contributed by atoms with Crippen molar-refractivity contribution in [1.82, 2.24) is 9.97 Å². The van der Waals surface area contributed by atoms with Crippen LogP contribution in [0.25, 0.3) is 10.6 Å². The Morgan fingerprint density at radius 3 is 2.75 bits per heavy atom. The summed E-state index contributed by atoms with van der Waals surface area (Å²) in [6.45, 7) is 4.42. The molecule has 24 heavy (non-hydrogen) atoms. The van der Waals surface area contributed by atoms with Crippen LogP contribution in [0.5, 0.6) is 5.06 Å². The standard InChI is InChI=1S/C18H16Cl2N2OS/c1-3-15-8-12(6-7-21-15)17-22-11(2)18(24-17)23-10-13-4-5-14(19)9-16(13)20/h4-9H,3,10H2,1-2H3. The molecule has 1 aromatic carbocycles. The summed E-state index contributed by atoms with van der Waals surface area (Å²) in [6, 6.07) is 9.43. The molecule has 0 saturated carbocycles. The first kappa shape index (κ1) is 17.2. The van der Waals surface area contributed by atoms with Crippen LogP contribution >= 0.6 is 34.5 Å². The highest BCUT2D eigenvalue weighted by atomic mass is 35.5. The van der Waals surface area contributed by atoms with Crippen molar-refractivity contribution in [3.8, 4) is 15.6 Å². The van der Waals surface area contributed by atoms with E-state index in [1.54, 1.807) is 12.1 Å². The van der Waals surface area contributed by atoms with Crippen molar-refractivity contribution in [2.75, 3.05) is 0 Å². The fraction of sp³-hybridized carbons (Fsp3) is 0.222. The van der Waals surface area contributed by atoms with Crippen molar-refractivity contribution in [3.05, 3.63) is 63.5 Å². The van der Waals surface area contributed by atoms with Crippen molar-refractivity contribution < 1.29 is 4.74 Å². The van der Waals surface area contributed by atoms with E-state index in [1.165, 1.54) is 11.3 Å². The Labute approximate surface area is 155 Å². The van der Waals surface area contributed by atoms with Gasteiger partial charge in [-0.25, -0.2) is 4.98 Å². The molecule has 0 unspecified atom stereocenters. The van der Waals surface area contributed by atoms with Crippen LogP contribution in [-0.2, 0) is 13.0 Å². The van der Waals surface area contributed by atoms with E-state index in [1.807, 2.05) is 25.3 Å². The van der Waals surface area contributed by atoms with E-state index in [9.17, 15) is 0 Å². The molecule has 6 heteroatoms. The Bertz CT molecular complexity index is 864. The number of nitrogens with zero attached hydrogens (tertiary/aromatic N) is 2. The van der Waals surface area contributed by atoms with E-state index in [0.29, 0.717) is 16.7 Å². The van der Waals surface area contributed by atoms with Crippen LogP contribution in [-0.4, -0.2) is 9.97 Å². The zero-order valence-electron chi connectivity index (χ0n) is 13.3. The molecular weight excluding hydrogens is 363 g/mol. The first-order valence-corrected chi connectivity index (χ1v) is 9.13. The van der Waals surface area contributed by atoms with Gasteiger partial charge in [0.15, 0.2) is 5.06 Å². The zero-order valence-corrected chi connectivity index (χ0v) is 15.7. The lowest BCUT2D eigenvalue weighted by atomic mass is 10.2. The van der Waals surface area contributed by atoms with Crippen LogP contribution < -0.4 is 4.74 Å². The van der Waals surface area contributed by atoms with Crippen LogP contribution in [0.4, 0.5) is 0 Å². The minimum absolute atomic E-state index is 0.384. The Morgan fingerprint density at radius 2 is 2.00 bits per heavy atom. The molecule has 0 aliphatic heterocycles. The fourth-order valence-corrected chi connectivity index (χ4v) is 3.60. The summed E-state index contributed by atoms with van der Waals surface area (Å²) < 4.78 is 5.92. The maximum Gasteiger partial charge on any atom is 0.197 e. The third kappa shape index (κ3) is 3.89. The minimum atomic E-state index is 0.384. The highest BCUT2D eigenvalue weighted by Crippen LogP contribution is 2.34. The van der Waals surface area contributed by atoms with E-state index in [-0.39, 0.29) is 0 Å². The van der Waals surface area contributed by atoms with Crippen molar-refractivity contribution in [2.24, 2.45) is 0 Å². The normalized spacial score (nSPS) is 10.8. The van der Waals surface area contributed by atoms with Crippen LogP contribution in [0.1, 0.15) is 23.9 Å². The second-order valence-electron chi connectivity index (χ2n) is 5.31. The average molecular weight is 379 g/mol. The first-order valence-electron chi connectivity index (χ1n) is 7.56. The summed E-state index contributed by atoms with van der Waals surface area (Å²) in [4.78, 5) is 8.94. The number of ether oxygens (including phenoxy) is 1. The minimum Gasteiger partial charge on any atom is -0.478 e. The SMILES string of the molecule is CCc1cc(-c2nc(C)c(OCc3ccc(Cl)cc3Cl)s2)ccn1. The van der Waals surface area contributed by atoms with E-state index in [0.717, 1.165) is 39.0 Å². The van der Waals surface area contributed by atoms with E-state index in [4.69, 9.17) is 27.9 Å². The van der Waals surface area contributed by atoms with Gasteiger partial charge in [-0.15, -0.1) is 0 Å². The lowest BCUT2D eigenvalue weighted by Crippen LogP contribution is -1.95. The topological polar surface area (TPSA) is 35.0 Å². The number of thiazole rings is 1. The third-order valence-electron chi connectivity index (χ3n) is 3.55. The van der Waals surface area contributed by atoms with Crippen molar-refractivity contribution in [3.63, 3.8) is 0 Å². The van der Waals surface area contributed by atoms with Gasteiger partial charge in [-0.1, -0.05) is 47.5 Å². The highest BCUT2D eigenvalue weighted by Gasteiger charge is 2.12. The van der Waals surface area contributed by atoms with Crippen molar-refractivity contribution in [1.29, 1.82) is 0 Å². The number of aromatic nitrogens is 2. The van der Waals surface area contributed by atoms with Gasteiger partial charge >= 0.3 is 0 Å². The predicted molar refractivity (Wildman–Crippen MR) is 100 cm³/mol. The highest BCUT2D eigenvalue weighted by molar-refractivity contribution is 7.17. The van der Waals surface area contributed by atoms with E-state index in [2.05, 4.69) is 23.0 Å². The maximum absolute atomic E-state index is 6.19. The molecule has 0 fully saturated rings. The number of hydrogen-bond acceptors (Lipinski definition) is 4. The number of aryl methyl sites for hydroxylation is 2. The second-order valence-corrected chi connectivity index (χ2v) is 7.11. The molecule has 0 spiro atoms. The summed E-state index contributed by atoms with van der Waals surface area (Å²) in [6.07, 6.45) is 2.72. The average Bonchev–Trinajstić information content (AvgIpc) is 2.95. The fourth-order valence-electron chi connectivity index (χ4n) is 2.23. The molecule has 3 aromatic rings. The summed E-state index contributed by atoms with van der Waals surface area (Å²) in [5.41, 5.74) is 3.88. The number of hydrogen-bond donors (Lipinski definition) is 0. The largest absolute Gasteiger partial charge is 0.478 e. The molecule has 0 atom stereocenters. The molecule has 0 N–H and O–H groups in total. The van der Waals surface area contributed by atoms with Gasteiger partial charge in [-0.2, -0.15) is 0 Å². The predicted octanol–water partition coefficient (Wildman–Crippen LogP) is 5.96. The van der Waals surface area contributed by atoms with Gasteiger partial charge in [0, 0.05) is 33.1 Å². The number of rotatable bonds is 5. The van der Waals surface area contributed by atoms with Crippen LogP contribution in [0, 0.1) is 6.92 Å². The van der Waals surface area contributed by atoms with Gasteiger partial charge in [0.1, 0.15) is 11.6 Å². The van der Waals surface area contributed by atoms with Gasteiger partial charge in [0.25, 0.3) is 0 Å². The van der Waals surface area contributed by atoms with Gasteiger partial charge < -0.3 is 4.74 Å². The Balaban J connectivity index is 1.79. The molecule has 3 rings (SSSR count). The number of halogens is 2. The summed E-state index contributed by atoms with van der Waals surface area (Å²) >= 11 is 13.6. The molecule has 2 aromatic heterocycles. The summed E-state index contributed by atoms with van der Waals surface area (Å²) in [5, 5.41) is 2.95. The molecule has 0 radical (unpaired) electrons. The Morgan fingerprint density at radius 1 is 1.17 bits per heavy atom. The molecule has 0 saturated heterocycles. The monoisotopic (exact) mass is 378 g/mol. The maximum atomic E-state index is 6.19. The lowest BCUT2D eigenvalue weighted by Gasteiger charge is -2.06. The molecule has 0 aliphatic rings. The zero-order chi connectivity index (χ0) is 17.1. The molecule has 0 aliphatic carbocycles. The summed E-state index contributed by atoms with van der Waals surface area (Å²) in [5.74, 6) is 0. The van der Waals surface area contributed by atoms with E-state index < -0.39 is 0 Å². The smallest absolute Gasteiger partial charge is 0.197 e. The molecule has 0 amide bonds. The molecule has 2 heterocycles. The lowest BCUT2D eigenvalue weighted by molar-refractivity contribution is 0.313.